The van der Waals surface area contributed by atoms with Crippen LogP contribution in [0.3, 0.4) is 0 Å². The molecule has 0 aliphatic carbocycles. The van der Waals surface area contributed by atoms with Gasteiger partial charge in [0.25, 0.3) is 6.43 Å². The quantitative estimate of drug-likeness (QED) is 0.618. The standard InChI is InChI=1S/C9H14F2N4S/c1-2-3-4-5-15-7(8(10)11)6(9(12)16)13-14-15/h8H,2-5H2,1H3,(H2,12,16). The lowest BCUT2D eigenvalue weighted by atomic mass is 10.2. The molecule has 0 unspecified atom stereocenters. The number of rotatable bonds is 6. The van der Waals surface area contributed by atoms with Crippen LogP contribution in [0, 0.1) is 0 Å². The molecule has 0 aliphatic heterocycles. The first-order valence-electron chi connectivity index (χ1n) is 5.09. The lowest BCUT2D eigenvalue weighted by Crippen LogP contribution is -2.14. The van der Waals surface area contributed by atoms with Gasteiger partial charge in [-0.1, -0.05) is 37.2 Å². The van der Waals surface area contributed by atoms with Gasteiger partial charge in [-0.05, 0) is 6.42 Å². The van der Waals surface area contributed by atoms with Gasteiger partial charge in [0, 0.05) is 6.54 Å². The lowest BCUT2D eigenvalue weighted by Gasteiger charge is -2.05. The number of alkyl halides is 2. The molecule has 0 fully saturated rings. The van der Waals surface area contributed by atoms with E-state index in [0.717, 1.165) is 19.3 Å². The predicted molar refractivity (Wildman–Crippen MR) is 60.4 cm³/mol. The van der Waals surface area contributed by atoms with Crippen LogP contribution in [-0.2, 0) is 6.54 Å². The summed E-state index contributed by atoms with van der Waals surface area (Å²) < 4.78 is 26.7. The van der Waals surface area contributed by atoms with Gasteiger partial charge < -0.3 is 5.73 Å². The number of hydrogen-bond donors (Lipinski definition) is 1. The maximum absolute atomic E-state index is 12.8. The Bertz CT molecular complexity index is 364. The van der Waals surface area contributed by atoms with Crippen LogP contribution in [0.15, 0.2) is 0 Å². The molecule has 4 nitrogen and oxygen atoms in total. The van der Waals surface area contributed by atoms with E-state index in [1.807, 2.05) is 6.92 Å². The number of thiocarbonyl (C=S) groups is 1. The van der Waals surface area contributed by atoms with E-state index in [0.29, 0.717) is 6.54 Å². The SMILES string of the molecule is CCCCCn1nnc(C(N)=S)c1C(F)F. The highest BCUT2D eigenvalue weighted by molar-refractivity contribution is 7.80. The highest BCUT2D eigenvalue weighted by Crippen LogP contribution is 2.21. The highest BCUT2D eigenvalue weighted by Gasteiger charge is 2.22. The van der Waals surface area contributed by atoms with Crippen LogP contribution in [0.25, 0.3) is 0 Å². The van der Waals surface area contributed by atoms with Crippen molar-refractivity contribution in [3.05, 3.63) is 11.4 Å². The number of aromatic nitrogens is 3. The van der Waals surface area contributed by atoms with Gasteiger partial charge in [0.05, 0.1) is 0 Å². The number of aryl methyl sites for hydroxylation is 1. The third-order valence-corrected chi connectivity index (χ3v) is 2.38. The molecule has 0 atom stereocenters. The maximum Gasteiger partial charge on any atom is 0.282 e. The number of nitrogens with zero attached hydrogens (tertiary/aromatic N) is 3. The Morgan fingerprint density at radius 3 is 2.69 bits per heavy atom. The summed E-state index contributed by atoms with van der Waals surface area (Å²) in [4.78, 5) is -0.142. The fraction of sp³-hybridized carbons (Fsp3) is 0.667. The summed E-state index contributed by atoms with van der Waals surface area (Å²) in [5.74, 6) is 0. The molecule has 1 heterocycles. The fourth-order valence-electron chi connectivity index (χ4n) is 1.39. The Morgan fingerprint density at radius 1 is 1.50 bits per heavy atom. The first kappa shape index (κ1) is 13.0. The van der Waals surface area contributed by atoms with E-state index >= 15 is 0 Å². The van der Waals surface area contributed by atoms with Gasteiger partial charge in [-0.2, -0.15) is 0 Å². The van der Waals surface area contributed by atoms with Gasteiger partial charge in [-0.25, -0.2) is 13.5 Å². The van der Waals surface area contributed by atoms with Crippen LogP contribution in [0.1, 0.15) is 44.0 Å². The third kappa shape index (κ3) is 2.94. The summed E-state index contributed by atoms with van der Waals surface area (Å²) in [6.07, 6.45) is 0.107. The van der Waals surface area contributed by atoms with Crippen LogP contribution in [0.2, 0.25) is 0 Å². The van der Waals surface area contributed by atoms with E-state index in [1.165, 1.54) is 4.68 Å². The molecule has 0 amide bonds. The zero-order valence-corrected chi connectivity index (χ0v) is 9.81. The van der Waals surface area contributed by atoms with E-state index in [2.05, 4.69) is 22.5 Å². The van der Waals surface area contributed by atoms with Gasteiger partial charge in [-0.3, -0.25) is 0 Å². The summed E-state index contributed by atoms with van der Waals surface area (Å²) >= 11 is 4.65. The summed E-state index contributed by atoms with van der Waals surface area (Å²) in [5, 5.41) is 7.23. The second-order valence-corrected chi connectivity index (χ2v) is 3.86. The molecular formula is C9H14F2N4S. The molecule has 1 rings (SSSR count). The fourth-order valence-corrected chi connectivity index (χ4v) is 1.53. The largest absolute Gasteiger partial charge is 0.388 e. The van der Waals surface area contributed by atoms with Crippen molar-refractivity contribution >= 4 is 17.2 Å². The maximum atomic E-state index is 12.8. The summed E-state index contributed by atoms with van der Waals surface area (Å²) in [5.41, 5.74) is 4.96. The molecule has 0 bridgehead atoms. The first-order chi connectivity index (χ1) is 7.57. The second-order valence-electron chi connectivity index (χ2n) is 3.42. The molecule has 0 aliphatic rings. The first-order valence-corrected chi connectivity index (χ1v) is 5.50. The topological polar surface area (TPSA) is 56.7 Å². The van der Waals surface area contributed by atoms with E-state index in [9.17, 15) is 8.78 Å². The second kappa shape index (κ2) is 5.83. The van der Waals surface area contributed by atoms with Crippen LogP contribution in [0.5, 0.6) is 0 Å². The van der Waals surface area contributed by atoms with Crippen molar-refractivity contribution in [2.75, 3.05) is 0 Å². The molecular weight excluding hydrogens is 234 g/mol. The van der Waals surface area contributed by atoms with Gasteiger partial charge in [0.1, 0.15) is 16.4 Å². The van der Waals surface area contributed by atoms with Crippen molar-refractivity contribution in [3.8, 4) is 0 Å². The molecule has 1 aromatic heterocycles. The Kier molecular flexibility index (Phi) is 4.72. The molecule has 0 spiro atoms. The van der Waals surface area contributed by atoms with Gasteiger partial charge in [0.2, 0.25) is 0 Å². The van der Waals surface area contributed by atoms with Crippen molar-refractivity contribution in [1.82, 2.24) is 15.0 Å². The van der Waals surface area contributed by atoms with Crippen LogP contribution >= 0.6 is 12.2 Å². The Morgan fingerprint density at radius 2 is 2.19 bits per heavy atom. The summed E-state index contributed by atoms with van der Waals surface area (Å²) in [6.45, 7) is 2.46. The summed E-state index contributed by atoms with van der Waals surface area (Å²) in [7, 11) is 0. The molecule has 0 saturated carbocycles. The Labute approximate surface area is 97.8 Å². The molecule has 90 valence electrons. The minimum atomic E-state index is -2.66. The number of unbranched alkanes of at least 4 members (excludes halogenated alkanes) is 2. The number of nitrogens with two attached hydrogens (primary N) is 1. The van der Waals surface area contributed by atoms with Gasteiger partial charge in [0.15, 0.2) is 0 Å². The van der Waals surface area contributed by atoms with Crippen molar-refractivity contribution in [3.63, 3.8) is 0 Å². The van der Waals surface area contributed by atoms with Gasteiger partial charge >= 0.3 is 0 Å². The third-order valence-electron chi connectivity index (χ3n) is 2.19. The minimum Gasteiger partial charge on any atom is -0.388 e. The normalized spacial score (nSPS) is 11.0. The zero-order valence-electron chi connectivity index (χ0n) is 8.99. The van der Waals surface area contributed by atoms with Crippen LogP contribution in [-0.4, -0.2) is 20.0 Å². The minimum absolute atomic E-state index is 0.0681. The zero-order chi connectivity index (χ0) is 12.1. The molecule has 0 saturated heterocycles. The molecule has 0 radical (unpaired) electrons. The van der Waals surface area contributed by atoms with Crippen molar-refractivity contribution in [2.45, 2.75) is 39.2 Å². The Hall–Kier alpha value is -1.11. The Balaban J connectivity index is 2.87. The average molecular weight is 248 g/mol. The van der Waals surface area contributed by atoms with E-state index in [1.54, 1.807) is 0 Å². The predicted octanol–water partition coefficient (Wildman–Crippen LogP) is 2.04. The smallest absolute Gasteiger partial charge is 0.282 e. The van der Waals surface area contributed by atoms with Crippen molar-refractivity contribution < 1.29 is 8.78 Å². The molecule has 0 aromatic carbocycles. The number of halogens is 2. The lowest BCUT2D eigenvalue weighted by molar-refractivity contribution is 0.138. The number of hydrogen-bond acceptors (Lipinski definition) is 3. The highest BCUT2D eigenvalue weighted by atomic mass is 32.1. The molecule has 7 heteroatoms. The van der Waals surface area contributed by atoms with E-state index < -0.39 is 6.43 Å². The molecule has 16 heavy (non-hydrogen) atoms. The summed E-state index contributed by atoms with van der Waals surface area (Å²) in [6, 6.07) is 0. The van der Waals surface area contributed by atoms with Gasteiger partial charge in [-0.15, -0.1) is 5.10 Å². The average Bonchev–Trinajstić information content (AvgIpc) is 2.62. The van der Waals surface area contributed by atoms with Crippen LogP contribution in [0.4, 0.5) is 8.78 Å². The monoisotopic (exact) mass is 248 g/mol. The van der Waals surface area contributed by atoms with E-state index in [-0.39, 0.29) is 16.4 Å². The molecule has 2 N–H and O–H groups in total. The van der Waals surface area contributed by atoms with E-state index in [4.69, 9.17) is 5.73 Å². The van der Waals surface area contributed by atoms with Crippen molar-refractivity contribution in [1.29, 1.82) is 0 Å². The van der Waals surface area contributed by atoms with Crippen LogP contribution < -0.4 is 5.73 Å². The van der Waals surface area contributed by atoms with Crippen molar-refractivity contribution in [2.24, 2.45) is 5.73 Å². The molecule has 1 aromatic rings.